The Morgan fingerprint density at radius 3 is 2.35 bits per heavy atom. The van der Waals surface area contributed by atoms with E-state index in [1.807, 2.05) is 36.4 Å². The zero-order chi connectivity index (χ0) is 12.3. The van der Waals surface area contributed by atoms with Crippen molar-refractivity contribution < 1.29 is 9.53 Å². The molecular formula is C14H13NO2. The lowest BCUT2D eigenvalue weighted by Gasteiger charge is -2.05. The van der Waals surface area contributed by atoms with Gasteiger partial charge in [0, 0.05) is 5.56 Å². The second-order valence-corrected chi connectivity index (χ2v) is 3.68. The lowest BCUT2D eigenvalue weighted by molar-refractivity contribution is 0.100. The molecule has 2 aromatic carbocycles. The van der Waals surface area contributed by atoms with Crippen molar-refractivity contribution in [3.8, 4) is 16.9 Å². The standard InChI is InChI=1S/C14H13NO2/c1-17-13-7-3-5-11(9-13)10-4-2-6-12(8-10)14(15)16/h2-9H,1H3,(H2,15,16). The highest BCUT2D eigenvalue weighted by atomic mass is 16.5. The molecule has 0 atom stereocenters. The number of hydrogen-bond donors (Lipinski definition) is 1. The van der Waals surface area contributed by atoms with Crippen molar-refractivity contribution in [3.05, 3.63) is 54.1 Å². The van der Waals surface area contributed by atoms with Gasteiger partial charge in [-0.25, -0.2) is 0 Å². The van der Waals surface area contributed by atoms with Crippen LogP contribution in [0.4, 0.5) is 0 Å². The summed E-state index contributed by atoms with van der Waals surface area (Å²) in [5.74, 6) is 0.363. The third-order valence-electron chi connectivity index (χ3n) is 2.55. The number of ether oxygens (including phenoxy) is 1. The Morgan fingerprint density at radius 1 is 1.06 bits per heavy atom. The Balaban J connectivity index is 2.45. The maximum Gasteiger partial charge on any atom is 0.248 e. The fourth-order valence-electron chi connectivity index (χ4n) is 1.65. The van der Waals surface area contributed by atoms with E-state index in [1.54, 1.807) is 19.2 Å². The van der Waals surface area contributed by atoms with E-state index in [9.17, 15) is 4.79 Å². The van der Waals surface area contributed by atoms with Crippen LogP contribution in [0.25, 0.3) is 11.1 Å². The quantitative estimate of drug-likeness (QED) is 0.875. The average molecular weight is 227 g/mol. The molecule has 0 unspecified atom stereocenters. The van der Waals surface area contributed by atoms with E-state index in [4.69, 9.17) is 10.5 Å². The highest BCUT2D eigenvalue weighted by Crippen LogP contribution is 2.24. The molecular weight excluding hydrogens is 214 g/mol. The first-order valence-electron chi connectivity index (χ1n) is 5.25. The van der Waals surface area contributed by atoms with Crippen LogP contribution in [0.1, 0.15) is 10.4 Å². The van der Waals surface area contributed by atoms with Gasteiger partial charge < -0.3 is 10.5 Å². The van der Waals surface area contributed by atoms with Crippen LogP contribution >= 0.6 is 0 Å². The smallest absolute Gasteiger partial charge is 0.248 e. The van der Waals surface area contributed by atoms with Gasteiger partial charge in [0.05, 0.1) is 7.11 Å². The molecule has 1 amide bonds. The Hall–Kier alpha value is -2.29. The van der Waals surface area contributed by atoms with Gasteiger partial charge in [0.25, 0.3) is 0 Å². The molecule has 2 N–H and O–H groups in total. The molecule has 0 radical (unpaired) electrons. The molecule has 0 aromatic heterocycles. The summed E-state index contributed by atoms with van der Waals surface area (Å²) in [6.07, 6.45) is 0. The summed E-state index contributed by atoms with van der Waals surface area (Å²) in [6, 6.07) is 14.9. The zero-order valence-electron chi connectivity index (χ0n) is 9.51. The molecule has 86 valence electrons. The van der Waals surface area contributed by atoms with Crippen LogP contribution in [0.2, 0.25) is 0 Å². The van der Waals surface area contributed by atoms with Crippen molar-refractivity contribution in [1.82, 2.24) is 0 Å². The number of rotatable bonds is 3. The maximum absolute atomic E-state index is 11.1. The van der Waals surface area contributed by atoms with E-state index in [1.165, 1.54) is 0 Å². The SMILES string of the molecule is COc1cccc(-c2cccc(C(N)=O)c2)c1. The van der Waals surface area contributed by atoms with Gasteiger partial charge in [0.1, 0.15) is 5.75 Å². The second kappa shape index (κ2) is 4.70. The van der Waals surface area contributed by atoms with Crippen LogP contribution in [-0.2, 0) is 0 Å². The molecule has 17 heavy (non-hydrogen) atoms. The number of methoxy groups -OCH3 is 1. The summed E-state index contributed by atoms with van der Waals surface area (Å²) in [4.78, 5) is 11.1. The minimum absolute atomic E-state index is 0.422. The fraction of sp³-hybridized carbons (Fsp3) is 0.0714. The molecule has 3 nitrogen and oxygen atoms in total. The molecule has 0 fully saturated rings. The Kier molecular flexibility index (Phi) is 3.10. The van der Waals surface area contributed by atoms with Gasteiger partial charge in [-0.2, -0.15) is 0 Å². The maximum atomic E-state index is 11.1. The largest absolute Gasteiger partial charge is 0.497 e. The molecule has 0 spiro atoms. The van der Waals surface area contributed by atoms with Crippen molar-refractivity contribution in [2.75, 3.05) is 7.11 Å². The Bertz CT molecular complexity index is 549. The van der Waals surface area contributed by atoms with Crippen molar-refractivity contribution in [1.29, 1.82) is 0 Å². The summed E-state index contributed by atoms with van der Waals surface area (Å²) in [7, 11) is 1.62. The fourth-order valence-corrected chi connectivity index (χ4v) is 1.65. The number of amides is 1. The van der Waals surface area contributed by atoms with Crippen LogP contribution in [0, 0.1) is 0 Å². The van der Waals surface area contributed by atoms with Crippen LogP contribution in [-0.4, -0.2) is 13.0 Å². The normalized spacial score (nSPS) is 9.94. The molecule has 3 heteroatoms. The highest BCUT2D eigenvalue weighted by Gasteiger charge is 2.03. The number of nitrogens with two attached hydrogens (primary N) is 1. The van der Waals surface area contributed by atoms with E-state index >= 15 is 0 Å². The summed E-state index contributed by atoms with van der Waals surface area (Å²) in [5.41, 5.74) is 7.70. The number of carbonyl (C=O) groups excluding carboxylic acids is 1. The topological polar surface area (TPSA) is 52.3 Å². The van der Waals surface area contributed by atoms with Gasteiger partial charge in [-0.05, 0) is 35.4 Å². The summed E-state index contributed by atoms with van der Waals surface area (Å²) < 4.78 is 5.16. The lowest BCUT2D eigenvalue weighted by atomic mass is 10.0. The van der Waals surface area contributed by atoms with Crippen LogP contribution < -0.4 is 10.5 Å². The van der Waals surface area contributed by atoms with E-state index < -0.39 is 5.91 Å². The molecule has 2 rings (SSSR count). The third kappa shape index (κ3) is 2.45. The van der Waals surface area contributed by atoms with Gasteiger partial charge in [-0.3, -0.25) is 4.79 Å². The predicted octanol–water partition coefficient (Wildman–Crippen LogP) is 2.46. The summed E-state index contributed by atoms with van der Waals surface area (Å²) in [5, 5.41) is 0. The average Bonchev–Trinajstić information content (AvgIpc) is 2.39. The van der Waals surface area contributed by atoms with E-state index in [0.29, 0.717) is 5.56 Å². The molecule has 0 saturated heterocycles. The monoisotopic (exact) mass is 227 g/mol. The zero-order valence-corrected chi connectivity index (χ0v) is 9.51. The third-order valence-corrected chi connectivity index (χ3v) is 2.55. The molecule has 0 saturated carbocycles. The van der Waals surface area contributed by atoms with Crippen molar-refractivity contribution in [2.24, 2.45) is 5.73 Å². The molecule has 0 heterocycles. The molecule has 0 aliphatic rings. The van der Waals surface area contributed by atoms with Gasteiger partial charge in [-0.15, -0.1) is 0 Å². The van der Waals surface area contributed by atoms with Crippen molar-refractivity contribution in [2.45, 2.75) is 0 Å². The predicted molar refractivity (Wildman–Crippen MR) is 66.9 cm³/mol. The van der Waals surface area contributed by atoms with Crippen LogP contribution in [0.3, 0.4) is 0 Å². The minimum atomic E-state index is -0.422. The number of hydrogen-bond acceptors (Lipinski definition) is 2. The highest BCUT2D eigenvalue weighted by molar-refractivity contribution is 5.94. The molecule has 0 aliphatic heterocycles. The number of primary amides is 1. The van der Waals surface area contributed by atoms with Crippen LogP contribution in [0.5, 0.6) is 5.75 Å². The van der Waals surface area contributed by atoms with E-state index in [0.717, 1.165) is 16.9 Å². The second-order valence-electron chi connectivity index (χ2n) is 3.68. The summed E-state index contributed by atoms with van der Waals surface area (Å²) in [6.45, 7) is 0. The Morgan fingerprint density at radius 2 is 1.71 bits per heavy atom. The first kappa shape index (κ1) is 11.2. The number of benzene rings is 2. The molecule has 0 bridgehead atoms. The van der Waals surface area contributed by atoms with Crippen molar-refractivity contribution >= 4 is 5.91 Å². The molecule has 0 aliphatic carbocycles. The van der Waals surface area contributed by atoms with Gasteiger partial charge in [0.15, 0.2) is 0 Å². The van der Waals surface area contributed by atoms with E-state index in [-0.39, 0.29) is 0 Å². The first-order chi connectivity index (χ1) is 8.20. The molecule has 2 aromatic rings. The minimum Gasteiger partial charge on any atom is -0.497 e. The van der Waals surface area contributed by atoms with Gasteiger partial charge in [0.2, 0.25) is 5.91 Å². The lowest BCUT2D eigenvalue weighted by Crippen LogP contribution is -2.10. The number of carbonyl (C=O) groups is 1. The van der Waals surface area contributed by atoms with E-state index in [2.05, 4.69) is 0 Å². The van der Waals surface area contributed by atoms with Gasteiger partial charge in [-0.1, -0.05) is 24.3 Å². The Labute approximate surface area is 99.8 Å². The summed E-state index contributed by atoms with van der Waals surface area (Å²) >= 11 is 0. The first-order valence-corrected chi connectivity index (χ1v) is 5.25. The van der Waals surface area contributed by atoms with Crippen molar-refractivity contribution in [3.63, 3.8) is 0 Å². The van der Waals surface area contributed by atoms with Crippen LogP contribution in [0.15, 0.2) is 48.5 Å². The van der Waals surface area contributed by atoms with Gasteiger partial charge >= 0.3 is 0 Å².